The Morgan fingerprint density at radius 2 is 1.81 bits per heavy atom. The molecule has 0 bridgehead atoms. The number of carbonyl (C=O) groups is 3. The summed E-state index contributed by atoms with van der Waals surface area (Å²) in [7, 11) is 1.32. The van der Waals surface area contributed by atoms with Crippen molar-refractivity contribution in [1.82, 2.24) is 0 Å². The van der Waals surface area contributed by atoms with E-state index in [1.807, 2.05) is 48.5 Å². The molecule has 1 saturated heterocycles. The average molecular weight is 491 g/mol. The van der Waals surface area contributed by atoms with Gasteiger partial charge in [0.05, 0.1) is 27.5 Å². The third kappa shape index (κ3) is 6.84. The molecule has 0 spiro atoms. The lowest BCUT2D eigenvalue weighted by atomic mass is 9.88. The highest BCUT2D eigenvalue weighted by Gasteiger charge is 2.28. The van der Waals surface area contributed by atoms with Crippen molar-refractivity contribution >= 4 is 29.6 Å². The van der Waals surface area contributed by atoms with E-state index in [4.69, 9.17) is 6.11 Å². The highest BCUT2D eigenvalue weighted by molar-refractivity contribution is 5.95. The first kappa shape index (κ1) is 24.3. The Balaban J connectivity index is 1.58. The van der Waals surface area contributed by atoms with Gasteiger partial charge in [0, 0.05) is 17.7 Å². The molecule has 1 amide bonds. The first-order valence-electron chi connectivity index (χ1n) is 13.4. The van der Waals surface area contributed by atoms with Gasteiger partial charge in [-0.2, -0.15) is 0 Å². The zero-order valence-electron chi connectivity index (χ0n) is 21.9. The highest BCUT2D eigenvalue weighted by atomic mass is 16.5. The van der Waals surface area contributed by atoms with Gasteiger partial charge in [-0.05, 0) is 67.0 Å². The van der Waals surface area contributed by atoms with Crippen molar-refractivity contribution in [3.63, 3.8) is 0 Å². The first-order valence-corrected chi connectivity index (χ1v) is 12.8. The molecule has 2 atom stereocenters. The molecule has 2 fully saturated rings. The molecular weight excluding hydrogens is 454 g/mol. The van der Waals surface area contributed by atoms with Crippen LogP contribution in [0.3, 0.4) is 0 Å². The van der Waals surface area contributed by atoms with Crippen molar-refractivity contribution in [2.45, 2.75) is 57.9 Å². The summed E-state index contributed by atoms with van der Waals surface area (Å²) in [6, 6.07) is 15.0. The lowest BCUT2D eigenvalue weighted by Gasteiger charge is -2.30. The number of esters is 2. The van der Waals surface area contributed by atoms with E-state index >= 15 is 0 Å². The van der Waals surface area contributed by atoms with Crippen molar-refractivity contribution in [3.8, 4) is 0 Å². The molecule has 36 heavy (non-hydrogen) atoms. The Morgan fingerprint density at radius 3 is 2.53 bits per heavy atom. The zero-order valence-corrected chi connectivity index (χ0v) is 20.9. The van der Waals surface area contributed by atoms with E-state index in [0.29, 0.717) is 24.3 Å². The largest absolute Gasteiger partial charge is 0.466 e. The van der Waals surface area contributed by atoms with Crippen LogP contribution in [0.5, 0.6) is 0 Å². The molecule has 6 heteroatoms. The summed E-state index contributed by atoms with van der Waals surface area (Å²) in [6.45, 7) is -0.428. The molecule has 1 aliphatic carbocycles. The fourth-order valence-electron chi connectivity index (χ4n) is 4.92. The van der Waals surface area contributed by atoms with Crippen LogP contribution in [0.1, 0.15) is 63.0 Å². The summed E-state index contributed by atoms with van der Waals surface area (Å²) in [5, 5.41) is 0. The number of nitrogens with zero attached hydrogens (tertiary/aromatic N) is 1. The van der Waals surface area contributed by atoms with Crippen LogP contribution >= 0.6 is 0 Å². The van der Waals surface area contributed by atoms with Crippen LogP contribution in [0.15, 0.2) is 54.6 Å². The number of carbonyl (C=O) groups excluding carboxylic acids is 3. The molecule has 1 heterocycles. The number of hydrogen-bond acceptors (Lipinski definition) is 5. The molecule has 2 aromatic rings. The van der Waals surface area contributed by atoms with Gasteiger partial charge >= 0.3 is 11.9 Å². The third-order valence-corrected chi connectivity index (χ3v) is 6.97. The summed E-state index contributed by atoms with van der Waals surface area (Å²) in [5.41, 5.74) is 3.08. The maximum Gasteiger partial charge on any atom is 0.330 e. The molecule has 2 unspecified atom stereocenters. The van der Waals surface area contributed by atoms with Crippen molar-refractivity contribution in [2.75, 3.05) is 18.6 Å². The number of methoxy groups -OCH3 is 1. The quantitative estimate of drug-likeness (QED) is 0.362. The summed E-state index contributed by atoms with van der Waals surface area (Å²) >= 11 is 0. The van der Waals surface area contributed by atoms with Crippen molar-refractivity contribution in [2.24, 2.45) is 11.8 Å². The molecule has 1 aliphatic heterocycles. The van der Waals surface area contributed by atoms with E-state index in [2.05, 4.69) is 4.74 Å². The number of ether oxygens (including phenoxy) is 2. The highest BCUT2D eigenvalue weighted by Crippen LogP contribution is 2.29. The molecule has 2 aliphatic rings. The maximum atomic E-state index is 13.8. The zero-order chi connectivity index (χ0) is 26.2. The van der Waals surface area contributed by atoms with Crippen LogP contribution in [0.2, 0.25) is 0 Å². The predicted molar refractivity (Wildman–Crippen MR) is 139 cm³/mol. The summed E-state index contributed by atoms with van der Waals surface area (Å²) in [4.78, 5) is 38.9. The minimum Gasteiger partial charge on any atom is -0.466 e. The average Bonchev–Trinajstić information content (AvgIpc) is 2.94. The van der Waals surface area contributed by atoms with Crippen molar-refractivity contribution in [3.05, 3.63) is 71.3 Å². The number of amides is 1. The lowest BCUT2D eigenvalue weighted by molar-refractivity contribution is -0.152. The van der Waals surface area contributed by atoms with Gasteiger partial charge in [-0.3, -0.25) is 9.59 Å². The van der Waals surface area contributed by atoms with Crippen LogP contribution in [0, 0.1) is 11.8 Å². The van der Waals surface area contributed by atoms with Crippen molar-refractivity contribution in [1.29, 1.82) is 0 Å². The second-order valence-corrected chi connectivity index (χ2v) is 9.58. The van der Waals surface area contributed by atoms with Crippen LogP contribution in [0.25, 0.3) is 6.08 Å². The topological polar surface area (TPSA) is 72.9 Å². The monoisotopic (exact) mass is 490 g/mol. The van der Waals surface area contributed by atoms with Gasteiger partial charge in [-0.1, -0.05) is 55.7 Å². The van der Waals surface area contributed by atoms with Gasteiger partial charge in [0.1, 0.15) is 0 Å². The second-order valence-electron chi connectivity index (χ2n) is 9.58. The molecule has 190 valence electrons. The summed E-state index contributed by atoms with van der Waals surface area (Å²) in [5.74, 6) is -0.869. The number of rotatable bonds is 8. The first-order chi connectivity index (χ1) is 18.0. The molecule has 0 radical (unpaired) electrons. The van der Waals surface area contributed by atoms with E-state index in [1.54, 1.807) is 11.0 Å². The Morgan fingerprint density at radius 1 is 1.06 bits per heavy atom. The van der Waals surface area contributed by atoms with Gasteiger partial charge in [0.25, 0.3) is 0 Å². The second kappa shape index (κ2) is 12.5. The Labute approximate surface area is 214 Å². The molecule has 6 nitrogen and oxygen atoms in total. The summed E-state index contributed by atoms with van der Waals surface area (Å²) < 4.78 is 19.0. The van der Waals surface area contributed by atoms with Crippen LogP contribution in [-0.2, 0) is 36.8 Å². The van der Waals surface area contributed by atoms with E-state index in [1.165, 1.54) is 13.2 Å². The number of hydrogen-bond donors (Lipinski definition) is 0. The minimum absolute atomic E-state index is 0.0391. The lowest BCUT2D eigenvalue weighted by Crippen LogP contribution is -2.36. The maximum absolute atomic E-state index is 13.8. The van der Waals surface area contributed by atoms with Crippen LogP contribution in [0.4, 0.5) is 5.69 Å². The summed E-state index contributed by atoms with van der Waals surface area (Å²) in [6.07, 6.45) is 10.1. The fourth-order valence-corrected chi connectivity index (χ4v) is 4.92. The smallest absolute Gasteiger partial charge is 0.330 e. The van der Waals surface area contributed by atoms with Gasteiger partial charge < -0.3 is 14.4 Å². The third-order valence-electron chi connectivity index (χ3n) is 6.97. The Bertz CT molecular complexity index is 1120. The van der Waals surface area contributed by atoms with E-state index in [-0.39, 0.29) is 23.7 Å². The molecule has 0 aromatic heterocycles. The van der Waals surface area contributed by atoms with Crippen molar-refractivity contribution < 1.29 is 25.2 Å². The van der Waals surface area contributed by atoms with Crippen LogP contribution < -0.4 is 4.90 Å². The minimum atomic E-state index is -0.928. The normalized spacial score (nSPS) is 19.9. The Hall–Kier alpha value is -3.41. The number of cyclic esters (lactones) is 1. The molecule has 4 rings (SSSR count). The number of benzene rings is 2. The molecule has 0 N–H and O–H groups in total. The molecular formula is C30H35NO5. The van der Waals surface area contributed by atoms with Gasteiger partial charge in [-0.15, -0.1) is 0 Å². The van der Waals surface area contributed by atoms with E-state index in [9.17, 15) is 14.4 Å². The van der Waals surface area contributed by atoms with Gasteiger partial charge in [-0.25, -0.2) is 4.79 Å². The van der Waals surface area contributed by atoms with Gasteiger partial charge in [0.2, 0.25) is 5.91 Å². The molecule has 2 aromatic carbocycles. The Kier molecular flexibility index (Phi) is 8.45. The molecule has 1 saturated carbocycles. The van der Waals surface area contributed by atoms with E-state index in [0.717, 1.165) is 56.1 Å². The predicted octanol–water partition coefficient (Wildman–Crippen LogP) is 5.48. The van der Waals surface area contributed by atoms with Gasteiger partial charge in [0.15, 0.2) is 0 Å². The SMILES string of the molecule is [2H]C(c1ccc(CC2CCCOC2=O)cc1)N(C(=O)C1CCCCC1)c1cccc(/C=C/C(=O)OC)c1. The van der Waals surface area contributed by atoms with E-state index < -0.39 is 12.5 Å². The fraction of sp³-hybridized carbons (Fsp3) is 0.433. The standard InChI is InChI=1S/C30H35NO5/c1-35-28(32)17-16-22-7-5-11-27(20-22)31(29(33)25-8-3-2-4-9-25)21-24-14-12-23(13-15-24)19-26-10-6-18-36-30(26)34/h5,7,11-17,20,25-26H,2-4,6,8-10,18-19,21H2,1H3/b17-16+/i21D. The van der Waals surface area contributed by atoms with Crippen LogP contribution in [-0.4, -0.2) is 31.6 Å². The number of anilines is 1.